The predicted octanol–water partition coefficient (Wildman–Crippen LogP) is 1.88. The fraction of sp³-hybridized carbons (Fsp3) is 0.500. The molecule has 1 N–H and O–H groups in total. The van der Waals surface area contributed by atoms with Crippen molar-refractivity contribution < 1.29 is 17.9 Å². The summed E-state index contributed by atoms with van der Waals surface area (Å²) in [5, 5.41) is 6.67. The summed E-state index contributed by atoms with van der Waals surface area (Å²) in [7, 11) is 0. The van der Waals surface area contributed by atoms with Crippen LogP contribution in [0.4, 0.5) is 13.2 Å². The Morgan fingerprint density at radius 1 is 1.40 bits per heavy atom. The van der Waals surface area contributed by atoms with Crippen molar-refractivity contribution in [3.05, 3.63) is 24.2 Å². The van der Waals surface area contributed by atoms with Crippen LogP contribution in [0.1, 0.15) is 18.5 Å². The second kappa shape index (κ2) is 4.93. The molecule has 2 aromatic heterocycles. The maximum Gasteiger partial charge on any atom is 0.435 e. The van der Waals surface area contributed by atoms with Gasteiger partial charge in [-0.15, -0.1) is 0 Å². The Bertz CT molecular complexity index is 604. The van der Waals surface area contributed by atoms with Gasteiger partial charge in [0.1, 0.15) is 11.6 Å². The fourth-order valence-electron chi connectivity index (χ4n) is 2.21. The minimum atomic E-state index is -4.48. The lowest BCUT2D eigenvalue weighted by molar-refractivity contribution is -0.141. The molecule has 0 radical (unpaired) electrons. The third-order valence-corrected chi connectivity index (χ3v) is 3.17. The average molecular weight is 286 g/mol. The number of nitrogens with one attached hydrogen (secondary N) is 1. The lowest BCUT2D eigenvalue weighted by Gasteiger charge is -2.23. The number of halogens is 3. The van der Waals surface area contributed by atoms with Crippen molar-refractivity contribution in [1.82, 2.24) is 19.9 Å². The Kier molecular flexibility index (Phi) is 3.25. The maximum atomic E-state index is 12.7. The molecule has 5 nitrogen and oxygen atoms in total. The molecule has 1 aliphatic heterocycles. The second-order valence-electron chi connectivity index (χ2n) is 4.68. The van der Waals surface area contributed by atoms with Crippen LogP contribution in [0.15, 0.2) is 18.5 Å². The maximum absolute atomic E-state index is 12.7. The molecule has 108 valence electrons. The third kappa shape index (κ3) is 2.55. The van der Waals surface area contributed by atoms with E-state index in [1.807, 2.05) is 0 Å². The molecule has 8 heteroatoms. The van der Waals surface area contributed by atoms with Gasteiger partial charge in [0.15, 0.2) is 5.69 Å². The SMILES string of the molecule is FC(F)(F)c1cc2c(O[C@H]3CCCNC3)nccn2n1. The van der Waals surface area contributed by atoms with Crippen LogP contribution in [0, 0.1) is 0 Å². The summed E-state index contributed by atoms with van der Waals surface area (Å²) in [6, 6.07) is 0.957. The minimum absolute atomic E-state index is 0.0771. The van der Waals surface area contributed by atoms with Crippen LogP contribution in [0.5, 0.6) is 5.88 Å². The molecule has 1 saturated heterocycles. The van der Waals surface area contributed by atoms with E-state index in [0.717, 1.165) is 30.0 Å². The van der Waals surface area contributed by atoms with Crippen LogP contribution < -0.4 is 10.1 Å². The van der Waals surface area contributed by atoms with Gasteiger partial charge >= 0.3 is 6.18 Å². The Morgan fingerprint density at radius 2 is 2.25 bits per heavy atom. The first-order chi connectivity index (χ1) is 9.54. The van der Waals surface area contributed by atoms with Crippen LogP contribution >= 0.6 is 0 Å². The van der Waals surface area contributed by atoms with Gasteiger partial charge in [-0.2, -0.15) is 18.3 Å². The van der Waals surface area contributed by atoms with Gasteiger partial charge in [-0.1, -0.05) is 0 Å². The molecular weight excluding hydrogens is 273 g/mol. The molecule has 1 atom stereocenters. The standard InChI is InChI=1S/C12H13F3N4O/c13-12(14,15)10-6-9-11(17-4-5-19(9)18-10)20-8-2-1-3-16-7-8/h4-6,8,16H,1-3,7H2/t8-/m0/s1. The summed E-state index contributed by atoms with van der Waals surface area (Å²) in [6.45, 7) is 1.60. The van der Waals surface area contributed by atoms with Crippen molar-refractivity contribution >= 4 is 5.52 Å². The normalized spacial score (nSPS) is 20.2. The largest absolute Gasteiger partial charge is 0.471 e. The third-order valence-electron chi connectivity index (χ3n) is 3.17. The average Bonchev–Trinajstić information content (AvgIpc) is 2.85. The number of nitrogens with zero attached hydrogens (tertiary/aromatic N) is 3. The molecule has 0 amide bonds. The fourth-order valence-corrected chi connectivity index (χ4v) is 2.21. The number of ether oxygens (including phenoxy) is 1. The van der Waals surface area contributed by atoms with E-state index in [1.54, 1.807) is 0 Å². The number of aromatic nitrogens is 3. The highest BCUT2D eigenvalue weighted by molar-refractivity contribution is 5.57. The monoisotopic (exact) mass is 286 g/mol. The van der Waals surface area contributed by atoms with Crippen LogP contribution in [0.25, 0.3) is 5.52 Å². The number of alkyl halides is 3. The van der Waals surface area contributed by atoms with Gasteiger partial charge in [0, 0.05) is 25.0 Å². The molecule has 0 aromatic carbocycles. The smallest absolute Gasteiger partial charge is 0.435 e. The number of piperidine rings is 1. The number of fused-ring (bicyclic) bond motifs is 1. The van der Waals surface area contributed by atoms with Crippen LogP contribution in [0.3, 0.4) is 0 Å². The van der Waals surface area contributed by atoms with Crippen molar-refractivity contribution in [2.24, 2.45) is 0 Å². The first-order valence-corrected chi connectivity index (χ1v) is 6.33. The van der Waals surface area contributed by atoms with E-state index in [-0.39, 0.29) is 17.5 Å². The molecule has 0 aliphatic carbocycles. The molecular formula is C12H13F3N4O. The summed E-state index contributed by atoms with van der Waals surface area (Å²) in [4.78, 5) is 4.02. The van der Waals surface area contributed by atoms with Crippen molar-refractivity contribution in [2.75, 3.05) is 13.1 Å². The number of hydrogen-bond donors (Lipinski definition) is 1. The number of hydrogen-bond acceptors (Lipinski definition) is 4. The number of rotatable bonds is 2. The molecule has 0 spiro atoms. The zero-order valence-corrected chi connectivity index (χ0v) is 10.5. The zero-order valence-electron chi connectivity index (χ0n) is 10.5. The first-order valence-electron chi connectivity index (χ1n) is 6.33. The summed E-state index contributed by atoms with van der Waals surface area (Å²) >= 11 is 0. The topological polar surface area (TPSA) is 51.5 Å². The Morgan fingerprint density at radius 3 is 2.95 bits per heavy atom. The molecule has 3 rings (SSSR count). The molecule has 0 unspecified atom stereocenters. The quantitative estimate of drug-likeness (QED) is 0.916. The molecule has 2 aromatic rings. The molecule has 3 heterocycles. The second-order valence-corrected chi connectivity index (χ2v) is 4.68. The van der Waals surface area contributed by atoms with E-state index < -0.39 is 11.9 Å². The van der Waals surface area contributed by atoms with E-state index in [0.29, 0.717) is 6.54 Å². The molecule has 1 fully saturated rings. The lowest BCUT2D eigenvalue weighted by atomic mass is 10.1. The van der Waals surface area contributed by atoms with Gasteiger partial charge in [0.05, 0.1) is 0 Å². The molecule has 0 bridgehead atoms. The van der Waals surface area contributed by atoms with E-state index >= 15 is 0 Å². The first kappa shape index (κ1) is 13.2. The van der Waals surface area contributed by atoms with E-state index in [1.165, 1.54) is 12.4 Å². The Labute approximate surface area is 112 Å². The van der Waals surface area contributed by atoms with Gasteiger partial charge in [-0.05, 0) is 19.4 Å². The summed E-state index contributed by atoms with van der Waals surface area (Å²) in [5.41, 5.74) is -0.720. The Balaban J connectivity index is 1.92. The van der Waals surface area contributed by atoms with Crippen LogP contribution in [0.2, 0.25) is 0 Å². The lowest BCUT2D eigenvalue weighted by Crippen LogP contribution is -2.37. The van der Waals surface area contributed by atoms with Crippen molar-refractivity contribution in [1.29, 1.82) is 0 Å². The molecule has 1 aliphatic rings. The van der Waals surface area contributed by atoms with Gasteiger partial charge in [-0.25, -0.2) is 9.50 Å². The van der Waals surface area contributed by atoms with Gasteiger partial charge in [-0.3, -0.25) is 0 Å². The molecule has 20 heavy (non-hydrogen) atoms. The van der Waals surface area contributed by atoms with Gasteiger partial charge < -0.3 is 10.1 Å². The highest BCUT2D eigenvalue weighted by Gasteiger charge is 2.34. The zero-order chi connectivity index (χ0) is 14.2. The van der Waals surface area contributed by atoms with Crippen LogP contribution in [-0.4, -0.2) is 33.8 Å². The Hall–Kier alpha value is -1.83. The van der Waals surface area contributed by atoms with Gasteiger partial charge in [0.25, 0.3) is 0 Å². The summed E-state index contributed by atoms with van der Waals surface area (Å²) in [6.07, 6.45) is 0.0288. The summed E-state index contributed by atoms with van der Waals surface area (Å²) < 4.78 is 44.8. The van der Waals surface area contributed by atoms with Crippen LogP contribution in [-0.2, 0) is 6.18 Å². The molecule has 0 saturated carbocycles. The van der Waals surface area contributed by atoms with E-state index in [2.05, 4.69) is 15.4 Å². The highest BCUT2D eigenvalue weighted by Crippen LogP contribution is 2.30. The van der Waals surface area contributed by atoms with Gasteiger partial charge in [0.2, 0.25) is 5.88 Å². The van der Waals surface area contributed by atoms with E-state index in [4.69, 9.17) is 4.74 Å². The van der Waals surface area contributed by atoms with Crippen molar-refractivity contribution in [2.45, 2.75) is 25.1 Å². The summed E-state index contributed by atoms with van der Waals surface area (Å²) in [5.74, 6) is 0.184. The highest BCUT2D eigenvalue weighted by atomic mass is 19.4. The van der Waals surface area contributed by atoms with E-state index in [9.17, 15) is 13.2 Å². The predicted molar refractivity (Wildman–Crippen MR) is 64.5 cm³/mol. The minimum Gasteiger partial charge on any atom is -0.471 e. The van der Waals surface area contributed by atoms with Crippen molar-refractivity contribution in [3.63, 3.8) is 0 Å². The van der Waals surface area contributed by atoms with Crippen molar-refractivity contribution in [3.8, 4) is 5.88 Å².